The molecule has 1 atom stereocenters. The van der Waals surface area contributed by atoms with Crippen LogP contribution in [0, 0.1) is 25.2 Å². The summed E-state index contributed by atoms with van der Waals surface area (Å²) in [7, 11) is 0. The highest BCUT2D eigenvalue weighted by atomic mass is 16.3. The summed E-state index contributed by atoms with van der Waals surface area (Å²) in [5.41, 5.74) is 3.14. The molecule has 0 fully saturated rings. The third-order valence-electron chi connectivity index (χ3n) is 4.06. The number of hydrogen-bond acceptors (Lipinski definition) is 3. The molecule has 1 unspecified atom stereocenters. The zero-order valence-corrected chi connectivity index (χ0v) is 14.5. The molecule has 0 radical (unpaired) electrons. The fourth-order valence-corrected chi connectivity index (χ4v) is 2.48. The van der Waals surface area contributed by atoms with Crippen LogP contribution >= 0.6 is 0 Å². The van der Waals surface area contributed by atoms with Crippen molar-refractivity contribution in [2.24, 2.45) is 0 Å². The Balaban J connectivity index is 3.03. The van der Waals surface area contributed by atoms with Crippen molar-refractivity contribution in [1.29, 1.82) is 5.26 Å². The summed E-state index contributed by atoms with van der Waals surface area (Å²) < 4.78 is 2.21. The fraction of sp³-hybridized carbons (Fsp3) is 0.556. The molecule has 0 aromatic carbocycles. The first-order valence-electron chi connectivity index (χ1n) is 8.18. The van der Waals surface area contributed by atoms with E-state index in [0.717, 1.165) is 36.3 Å². The molecule has 126 valence electrons. The van der Waals surface area contributed by atoms with Crippen LogP contribution in [0.3, 0.4) is 0 Å². The average molecular weight is 317 g/mol. The molecule has 1 heterocycles. The van der Waals surface area contributed by atoms with E-state index in [0.29, 0.717) is 6.42 Å². The maximum absolute atomic E-state index is 12.2. The van der Waals surface area contributed by atoms with Gasteiger partial charge in [-0.3, -0.25) is 4.79 Å². The number of rotatable bonds is 8. The van der Waals surface area contributed by atoms with Gasteiger partial charge in [-0.15, -0.1) is 0 Å². The van der Waals surface area contributed by atoms with Crippen molar-refractivity contribution < 1.29 is 9.90 Å². The van der Waals surface area contributed by atoms with Gasteiger partial charge in [0.1, 0.15) is 11.6 Å². The highest BCUT2D eigenvalue weighted by Gasteiger charge is 2.15. The molecule has 0 bridgehead atoms. The van der Waals surface area contributed by atoms with Crippen LogP contribution in [0.2, 0.25) is 0 Å². The molecule has 0 spiro atoms. The lowest BCUT2D eigenvalue weighted by molar-refractivity contribution is -0.118. The van der Waals surface area contributed by atoms with Gasteiger partial charge in [-0.1, -0.05) is 20.3 Å². The number of carbonyl (C=O) groups is 1. The number of amides is 1. The van der Waals surface area contributed by atoms with Crippen molar-refractivity contribution in [2.75, 3.05) is 6.61 Å². The second-order valence-corrected chi connectivity index (χ2v) is 5.76. The normalized spacial score (nSPS) is 12.8. The Kier molecular flexibility index (Phi) is 7.56. The molecule has 5 nitrogen and oxygen atoms in total. The predicted octanol–water partition coefficient (Wildman–Crippen LogP) is 2.70. The average Bonchev–Trinajstić information content (AvgIpc) is 2.81. The van der Waals surface area contributed by atoms with Crippen LogP contribution in [0.25, 0.3) is 6.08 Å². The monoisotopic (exact) mass is 317 g/mol. The van der Waals surface area contributed by atoms with Crippen LogP contribution in [0.1, 0.15) is 50.1 Å². The summed E-state index contributed by atoms with van der Waals surface area (Å²) in [4.78, 5) is 12.2. The fourth-order valence-electron chi connectivity index (χ4n) is 2.48. The van der Waals surface area contributed by atoms with Crippen molar-refractivity contribution in [2.45, 2.75) is 59.5 Å². The van der Waals surface area contributed by atoms with E-state index in [1.165, 1.54) is 0 Å². The Bertz CT molecular complexity index is 605. The van der Waals surface area contributed by atoms with E-state index in [-0.39, 0.29) is 18.2 Å². The molecule has 0 saturated carbocycles. The Hall–Kier alpha value is -2.06. The molecule has 1 aromatic rings. The molecule has 1 rings (SSSR count). The SMILES string of the molecule is CCCCn1c(C)cc(/C=C(/C#N)C(=O)NC(CC)CO)c1C. The van der Waals surface area contributed by atoms with Crippen molar-refractivity contribution in [3.05, 3.63) is 28.6 Å². The summed E-state index contributed by atoms with van der Waals surface area (Å²) in [5.74, 6) is -0.438. The third-order valence-corrected chi connectivity index (χ3v) is 4.06. The highest BCUT2D eigenvalue weighted by Crippen LogP contribution is 2.19. The van der Waals surface area contributed by atoms with Crippen LogP contribution in [0.4, 0.5) is 0 Å². The summed E-state index contributed by atoms with van der Waals surface area (Å²) in [6.07, 6.45) is 4.46. The van der Waals surface area contributed by atoms with Crippen LogP contribution in [-0.2, 0) is 11.3 Å². The van der Waals surface area contributed by atoms with Crippen molar-refractivity contribution in [3.63, 3.8) is 0 Å². The molecule has 0 aliphatic carbocycles. The molecular formula is C18H27N3O2. The maximum atomic E-state index is 12.2. The zero-order valence-electron chi connectivity index (χ0n) is 14.5. The van der Waals surface area contributed by atoms with E-state index in [1.54, 1.807) is 6.08 Å². The lowest BCUT2D eigenvalue weighted by atomic mass is 10.1. The second kappa shape index (κ2) is 9.16. The smallest absolute Gasteiger partial charge is 0.262 e. The lowest BCUT2D eigenvalue weighted by Gasteiger charge is -2.13. The van der Waals surface area contributed by atoms with Gasteiger partial charge in [-0.05, 0) is 44.4 Å². The molecule has 1 aromatic heterocycles. The molecule has 0 saturated heterocycles. The number of carbonyl (C=O) groups excluding carboxylic acids is 1. The molecule has 0 aliphatic rings. The van der Waals surface area contributed by atoms with Gasteiger partial charge >= 0.3 is 0 Å². The molecule has 1 amide bonds. The van der Waals surface area contributed by atoms with E-state index in [4.69, 9.17) is 5.11 Å². The first kappa shape index (κ1) is 19.0. The summed E-state index contributed by atoms with van der Waals surface area (Å²) in [6.45, 7) is 8.87. The van der Waals surface area contributed by atoms with Crippen LogP contribution in [-0.4, -0.2) is 28.2 Å². The van der Waals surface area contributed by atoms with E-state index in [1.807, 2.05) is 32.9 Å². The van der Waals surface area contributed by atoms with E-state index in [9.17, 15) is 10.1 Å². The minimum atomic E-state index is -0.438. The number of hydrogen-bond donors (Lipinski definition) is 2. The van der Waals surface area contributed by atoms with Crippen molar-refractivity contribution in [3.8, 4) is 6.07 Å². The Morgan fingerprint density at radius 2 is 2.17 bits per heavy atom. The van der Waals surface area contributed by atoms with Crippen molar-refractivity contribution >= 4 is 12.0 Å². The van der Waals surface area contributed by atoms with Crippen LogP contribution < -0.4 is 5.32 Å². The second-order valence-electron chi connectivity index (χ2n) is 5.76. The number of aryl methyl sites for hydroxylation is 1. The number of nitrogens with one attached hydrogen (secondary N) is 1. The van der Waals surface area contributed by atoms with E-state index < -0.39 is 5.91 Å². The Labute approximate surface area is 138 Å². The Morgan fingerprint density at radius 3 is 2.70 bits per heavy atom. The minimum Gasteiger partial charge on any atom is -0.394 e. The van der Waals surface area contributed by atoms with Crippen molar-refractivity contribution in [1.82, 2.24) is 9.88 Å². The minimum absolute atomic E-state index is 0.0626. The van der Waals surface area contributed by atoms with E-state index >= 15 is 0 Å². The van der Waals surface area contributed by atoms with Gasteiger partial charge < -0.3 is 15.0 Å². The van der Waals surface area contributed by atoms with E-state index in [2.05, 4.69) is 16.8 Å². The lowest BCUT2D eigenvalue weighted by Crippen LogP contribution is -2.37. The largest absolute Gasteiger partial charge is 0.394 e. The quantitative estimate of drug-likeness (QED) is 0.571. The van der Waals surface area contributed by atoms with Crippen LogP contribution in [0.15, 0.2) is 11.6 Å². The van der Waals surface area contributed by atoms with Gasteiger partial charge in [0.15, 0.2) is 0 Å². The van der Waals surface area contributed by atoms with Gasteiger partial charge in [0.05, 0.1) is 12.6 Å². The number of aliphatic hydroxyl groups is 1. The first-order chi connectivity index (χ1) is 11.0. The summed E-state index contributed by atoms with van der Waals surface area (Å²) in [5, 5.41) is 21.1. The molecular weight excluding hydrogens is 290 g/mol. The maximum Gasteiger partial charge on any atom is 0.262 e. The number of aromatic nitrogens is 1. The predicted molar refractivity (Wildman–Crippen MR) is 91.7 cm³/mol. The molecule has 5 heteroatoms. The molecule has 2 N–H and O–H groups in total. The van der Waals surface area contributed by atoms with Crippen LogP contribution in [0.5, 0.6) is 0 Å². The van der Waals surface area contributed by atoms with Gasteiger partial charge in [-0.25, -0.2) is 0 Å². The number of unbranched alkanes of at least 4 members (excludes halogenated alkanes) is 1. The van der Waals surface area contributed by atoms with Gasteiger partial charge in [0.25, 0.3) is 5.91 Å². The third kappa shape index (κ3) is 4.97. The number of nitriles is 1. The van der Waals surface area contributed by atoms with Gasteiger partial charge in [0.2, 0.25) is 0 Å². The standard InChI is InChI=1S/C18H27N3O2/c1-5-7-8-21-13(3)9-15(14(21)4)10-16(11-19)18(23)20-17(6-2)12-22/h9-10,17,22H,5-8,12H2,1-4H3,(H,20,23)/b16-10-. The topological polar surface area (TPSA) is 78.0 Å². The summed E-state index contributed by atoms with van der Waals surface area (Å²) in [6, 6.07) is 3.64. The Morgan fingerprint density at radius 1 is 1.48 bits per heavy atom. The van der Waals surface area contributed by atoms with Gasteiger partial charge in [-0.2, -0.15) is 5.26 Å². The number of aliphatic hydroxyl groups excluding tert-OH is 1. The van der Waals surface area contributed by atoms with Gasteiger partial charge in [0, 0.05) is 17.9 Å². The summed E-state index contributed by atoms with van der Waals surface area (Å²) >= 11 is 0. The molecule has 0 aliphatic heterocycles. The zero-order chi connectivity index (χ0) is 17.4. The first-order valence-corrected chi connectivity index (χ1v) is 8.18. The number of nitrogens with zero attached hydrogens (tertiary/aromatic N) is 2. The highest BCUT2D eigenvalue weighted by molar-refractivity contribution is 6.02. The molecule has 23 heavy (non-hydrogen) atoms.